The van der Waals surface area contributed by atoms with Crippen LogP contribution in [0.25, 0.3) is 5.78 Å². The van der Waals surface area contributed by atoms with Crippen LogP contribution in [0.1, 0.15) is 46.9 Å². The summed E-state index contributed by atoms with van der Waals surface area (Å²) in [5.41, 5.74) is 3.17. The van der Waals surface area contributed by atoms with Crippen LogP contribution in [-0.4, -0.2) is 42.6 Å². The summed E-state index contributed by atoms with van der Waals surface area (Å²) >= 11 is 0. The number of carbonyl (C=O) groups is 1. The molecule has 1 aliphatic rings. The van der Waals surface area contributed by atoms with Gasteiger partial charge in [-0.25, -0.2) is 4.98 Å². The average Bonchev–Trinajstić information content (AvgIpc) is 3.19. The third kappa shape index (κ3) is 3.13. The molecule has 0 aliphatic heterocycles. The molecule has 0 bridgehead atoms. The maximum atomic E-state index is 12.6. The van der Waals surface area contributed by atoms with E-state index in [2.05, 4.69) is 20.2 Å². The Morgan fingerprint density at radius 3 is 2.78 bits per heavy atom. The summed E-state index contributed by atoms with van der Waals surface area (Å²) in [5, 5.41) is 6.84. The Hall–Kier alpha value is -2.97. The summed E-state index contributed by atoms with van der Waals surface area (Å²) in [4.78, 5) is 35.7. The standard InChI is InChI=1S/C18H22N6O3/c1-10-13(11(2)27-22-10)9-23(3)16(25)8-15-20-18-19-14-7-5-4-6-12(14)17(26)24(18)21-15/h4-9H2,1-3H3,(H,19,20,21). The molecule has 9 nitrogen and oxygen atoms in total. The van der Waals surface area contributed by atoms with Gasteiger partial charge >= 0.3 is 0 Å². The molecule has 0 saturated heterocycles. The highest BCUT2D eigenvalue weighted by Crippen LogP contribution is 2.17. The first kappa shape index (κ1) is 17.4. The molecule has 3 heterocycles. The highest BCUT2D eigenvalue weighted by Gasteiger charge is 2.20. The van der Waals surface area contributed by atoms with Crippen LogP contribution in [0.4, 0.5) is 0 Å². The predicted octanol–water partition coefficient (Wildman–Crippen LogP) is 1.10. The van der Waals surface area contributed by atoms with Crippen LogP contribution in [-0.2, 0) is 30.6 Å². The van der Waals surface area contributed by atoms with Crippen molar-refractivity contribution < 1.29 is 9.32 Å². The highest BCUT2D eigenvalue weighted by molar-refractivity contribution is 5.77. The number of aromatic amines is 1. The molecule has 9 heteroatoms. The van der Waals surface area contributed by atoms with Gasteiger partial charge in [-0.15, -0.1) is 0 Å². The van der Waals surface area contributed by atoms with E-state index in [4.69, 9.17) is 4.52 Å². The Morgan fingerprint density at radius 2 is 2.04 bits per heavy atom. The van der Waals surface area contributed by atoms with Gasteiger partial charge in [-0.2, -0.15) is 9.50 Å². The van der Waals surface area contributed by atoms with Crippen molar-refractivity contribution >= 4 is 11.7 Å². The van der Waals surface area contributed by atoms with Crippen molar-refractivity contribution in [3.05, 3.63) is 44.5 Å². The summed E-state index contributed by atoms with van der Waals surface area (Å²) in [7, 11) is 1.72. The second-order valence-electron chi connectivity index (χ2n) is 7.08. The van der Waals surface area contributed by atoms with Crippen LogP contribution in [0.3, 0.4) is 0 Å². The number of nitrogens with zero attached hydrogens (tertiary/aromatic N) is 5. The van der Waals surface area contributed by atoms with Gasteiger partial charge in [0.1, 0.15) is 11.6 Å². The van der Waals surface area contributed by atoms with Crippen molar-refractivity contribution in [1.82, 2.24) is 29.6 Å². The van der Waals surface area contributed by atoms with E-state index in [-0.39, 0.29) is 17.9 Å². The lowest BCUT2D eigenvalue weighted by Gasteiger charge is -2.16. The summed E-state index contributed by atoms with van der Waals surface area (Å²) in [6.07, 6.45) is 3.66. The average molecular weight is 370 g/mol. The van der Waals surface area contributed by atoms with Gasteiger partial charge in [-0.1, -0.05) is 5.16 Å². The zero-order valence-electron chi connectivity index (χ0n) is 15.7. The Labute approximate surface area is 155 Å². The van der Waals surface area contributed by atoms with Gasteiger partial charge in [0.05, 0.1) is 24.4 Å². The van der Waals surface area contributed by atoms with Gasteiger partial charge in [0.25, 0.3) is 11.3 Å². The lowest BCUT2D eigenvalue weighted by molar-refractivity contribution is -0.129. The third-order valence-electron chi connectivity index (χ3n) is 5.13. The molecule has 1 amide bonds. The molecule has 1 aliphatic carbocycles. The summed E-state index contributed by atoms with van der Waals surface area (Å²) in [6, 6.07) is 0. The molecule has 3 aromatic rings. The second-order valence-corrected chi connectivity index (χ2v) is 7.08. The number of aryl methyl sites for hydroxylation is 3. The fourth-order valence-corrected chi connectivity index (χ4v) is 3.50. The van der Waals surface area contributed by atoms with E-state index < -0.39 is 0 Å². The Balaban J connectivity index is 1.55. The monoisotopic (exact) mass is 370 g/mol. The van der Waals surface area contributed by atoms with Crippen molar-refractivity contribution in [1.29, 1.82) is 0 Å². The lowest BCUT2D eigenvalue weighted by atomic mass is 9.97. The Kier molecular flexibility index (Phi) is 4.29. The first-order chi connectivity index (χ1) is 12.9. The van der Waals surface area contributed by atoms with Gasteiger partial charge in [0, 0.05) is 18.2 Å². The maximum absolute atomic E-state index is 12.6. The molecule has 0 unspecified atom stereocenters. The highest BCUT2D eigenvalue weighted by atomic mass is 16.5. The molecule has 0 radical (unpaired) electrons. The van der Waals surface area contributed by atoms with Crippen LogP contribution in [0, 0.1) is 13.8 Å². The summed E-state index contributed by atoms with van der Waals surface area (Å²) < 4.78 is 6.49. The number of likely N-dealkylation sites (N-methyl/N-ethyl adjacent to an activating group) is 1. The fraction of sp³-hybridized carbons (Fsp3) is 0.500. The molecule has 4 rings (SSSR count). The normalized spacial score (nSPS) is 13.7. The fourth-order valence-electron chi connectivity index (χ4n) is 3.50. The topological polar surface area (TPSA) is 109 Å². The molecular weight excluding hydrogens is 348 g/mol. The molecule has 142 valence electrons. The number of nitrogens with one attached hydrogen (secondary N) is 1. The van der Waals surface area contributed by atoms with E-state index in [1.54, 1.807) is 11.9 Å². The minimum absolute atomic E-state index is 0.0628. The first-order valence-electron chi connectivity index (χ1n) is 9.09. The molecule has 0 saturated carbocycles. The zero-order chi connectivity index (χ0) is 19.1. The Morgan fingerprint density at radius 1 is 1.26 bits per heavy atom. The minimum atomic E-state index is -0.119. The quantitative estimate of drug-likeness (QED) is 0.737. The summed E-state index contributed by atoms with van der Waals surface area (Å²) in [6.45, 7) is 4.09. The predicted molar refractivity (Wildman–Crippen MR) is 96.4 cm³/mol. The van der Waals surface area contributed by atoms with Gasteiger partial charge in [0.15, 0.2) is 0 Å². The molecule has 0 fully saturated rings. The van der Waals surface area contributed by atoms with Crippen molar-refractivity contribution in [2.45, 2.75) is 52.5 Å². The number of hydrogen-bond acceptors (Lipinski definition) is 6. The van der Waals surface area contributed by atoms with Crippen molar-refractivity contribution in [3.63, 3.8) is 0 Å². The first-order valence-corrected chi connectivity index (χ1v) is 9.09. The number of carbonyl (C=O) groups excluding carboxylic acids is 1. The molecular formula is C18H22N6O3. The van der Waals surface area contributed by atoms with Crippen LogP contribution in [0.15, 0.2) is 9.32 Å². The van der Waals surface area contributed by atoms with Crippen molar-refractivity contribution in [3.8, 4) is 0 Å². The van der Waals surface area contributed by atoms with Gasteiger partial charge in [-0.3, -0.25) is 14.7 Å². The van der Waals surface area contributed by atoms with E-state index in [0.717, 1.165) is 48.2 Å². The number of fused-ring (bicyclic) bond motifs is 2. The van der Waals surface area contributed by atoms with Crippen LogP contribution >= 0.6 is 0 Å². The third-order valence-corrected chi connectivity index (χ3v) is 5.13. The number of aromatic nitrogens is 5. The van der Waals surface area contributed by atoms with Gasteiger partial charge in [0.2, 0.25) is 5.91 Å². The second kappa shape index (κ2) is 6.64. The van der Waals surface area contributed by atoms with Crippen molar-refractivity contribution in [2.75, 3.05) is 7.05 Å². The maximum Gasteiger partial charge on any atom is 0.277 e. The summed E-state index contributed by atoms with van der Waals surface area (Å²) in [5.74, 6) is 1.35. The lowest BCUT2D eigenvalue weighted by Crippen LogP contribution is -2.28. The SMILES string of the molecule is Cc1noc(C)c1CN(C)C(=O)Cc1nc2nc3c(c(=O)n2[nH]1)CCCC3. The molecule has 3 aromatic heterocycles. The van der Waals surface area contributed by atoms with Gasteiger partial charge in [-0.05, 0) is 39.5 Å². The van der Waals surface area contributed by atoms with E-state index in [9.17, 15) is 9.59 Å². The zero-order valence-corrected chi connectivity index (χ0v) is 15.7. The molecule has 1 N–H and O–H groups in total. The molecule has 0 atom stereocenters. The smallest absolute Gasteiger partial charge is 0.277 e. The van der Waals surface area contributed by atoms with E-state index in [0.29, 0.717) is 23.9 Å². The van der Waals surface area contributed by atoms with E-state index in [1.807, 2.05) is 13.8 Å². The van der Waals surface area contributed by atoms with Crippen LogP contribution in [0.5, 0.6) is 0 Å². The molecule has 27 heavy (non-hydrogen) atoms. The molecule has 0 aromatic carbocycles. The minimum Gasteiger partial charge on any atom is -0.361 e. The Bertz CT molecular complexity index is 1060. The molecule has 0 spiro atoms. The van der Waals surface area contributed by atoms with Crippen LogP contribution in [0.2, 0.25) is 0 Å². The van der Waals surface area contributed by atoms with Crippen molar-refractivity contribution in [2.24, 2.45) is 0 Å². The van der Waals surface area contributed by atoms with Gasteiger partial charge < -0.3 is 9.42 Å². The number of hydrogen-bond donors (Lipinski definition) is 1. The van der Waals surface area contributed by atoms with E-state index >= 15 is 0 Å². The number of H-pyrrole nitrogens is 1. The number of amides is 1. The largest absolute Gasteiger partial charge is 0.361 e. The van der Waals surface area contributed by atoms with Crippen LogP contribution < -0.4 is 5.56 Å². The van der Waals surface area contributed by atoms with E-state index in [1.165, 1.54) is 4.52 Å². The number of rotatable bonds is 4.